The smallest absolute Gasteiger partial charge is 0.356 e. The van der Waals surface area contributed by atoms with Gasteiger partial charge in [0.2, 0.25) is 0 Å². The number of esters is 1. The molecule has 1 N–H and O–H groups in total. The van der Waals surface area contributed by atoms with Crippen LogP contribution in [0.1, 0.15) is 41.4 Å². The fourth-order valence-electron chi connectivity index (χ4n) is 3.78. The first-order valence-corrected chi connectivity index (χ1v) is 9.60. The summed E-state index contributed by atoms with van der Waals surface area (Å²) in [6.45, 7) is 9.63. The second kappa shape index (κ2) is 8.24. The first-order valence-electron chi connectivity index (χ1n) is 9.60. The second-order valence-corrected chi connectivity index (χ2v) is 7.59. The zero-order valence-corrected chi connectivity index (χ0v) is 17.1. The van der Waals surface area contributed by atoms with Gasteiger partial charge < -0.3 is 19.5 Å². The van der Waals surface area contributed by atoms with Crippen molar-refractivity contribution in [2.45, 2.75) is 38.7 Å². The number of carboxylic acids is 1. The molecule has 1 saturated heterocycles. The number of carboxylic acid groups (broad SMARTS) is 1. The second-order valence-electron chi connectivity index (χ2n) is 7.59. The van der Waals surface area contributed by atoms with E-state index >= 15 is 0 Å². The predicted octanol–water partition coefficient (Wildman–Crippen LogP) is 2.62. The maximum absolute atomic E-state index is 12.1. The maximum atomic E-state index is 12.1. The zero-order valence-electron chi connectivity index (χ0n) is 17.1. The van der Waals surface area contributed by atoms with Crippen molar-refractivity contribution in [3.8, 4) is 0 Å². The molecule has 29 heavy (non-hydrogen) atoms. The molecule has 3 heterocycles. The molecular formula is C21H27N3O5. The molecule has 0 aliphatic carbocycles. The molecule has 1 aliphatic rings. The Balaban J connectivity index is 2.04. The van der Waals surface area contributed by atoms with Gasteiger partial charge in [-0.15, -0.1) is 6.58 Å². The molecule has 0 spiro atoms. The summed E-state index contributed by atoms with van der Waals surface area (Å²) in [5, 5.41) is 13.5. The molecule has 3 rings (SSSR count). The number of ether oxygens (including phenoxy) is 2. The Kier molecular flexibility index (Phi) is 5.93. The van der Waals surface area contributed by atoms with Crippen molar-refractivity contribution in [1.82, 2.24) is 9.61 Å². The lowest BCUT2D eigenvalue weighted by molar-refractivity contribution is -0.139. The minimum absolute atomic E-state index is 0.0305. The Labute approximate surface area is 169 Å². The number of piperidine rings is 1. The van der Waals surface area contributed by atoms with E-state index in [1.165, 1.54) is 7.11 Å². The fraction of sp³-hybridized carbons (Fsp3) is 0.476. The van der Waals surface area contributed by atoms with Crippen LogP contribution in [0.2, 0.25) is 0 Å². The molecular weight excluding hydrogens is 374 g/mol. The van der Waals surface area contributed by atoms with E-state index < -0.39 is 5.97 Å². The number of aromatic nitrogens is 2. The highest BCUT2D eigenvalue weighted by Crippen LogP contribution is 2.35. The van der Waals surface area contributed by atoms with Gasteiger partial charge in [-0.25, -0.2) is 9.31 Å². The molecule has 0 unspecified atom stereocenters. The van der Waals surface area contributed by atoms with Crippen LogP contribution < -0.4 is 4.90 Å². The van der Waals surface area contributed by atoms with Crippen molar-refractivity contribution in [3.63, 3.8) is 0 Å². The Hall–Kier alpha value is -2.87. The van der Waals surface area contributed by atoms with Gasteiger partial charge in [0.15, 0.2) is 5.69 Å². The third kappa shape index (κ3) is 4.27. The summed E-state index contributed by atoms with van der Waals surface area (Å²) in [4.78, 5) is 25.7. The van der Waals surface area contributed by atoms with Gasteiger partial charge in [-0.1, -0.05) is 6.08 Å². The van der Waals surface area contributed by atoms with Crippen LogP contribution in [0.25, 0.3) is 5.52 Å². The summed E-state index contributed by atoms with van der Waals surface area (Å²) in [5.41, 5.74) is 2.92. The van der Waals surface area contributed by atoms with Crippen molar-refractivity contribution in [1.29, 1.82) is 0 Å². The van der Waals surface area contributed by atoms with Gasteiger partial charge in [0.05, 0.1) is 36.9 Å². The molecule has 0 bridgehead atoms. The molecule has 8 heteroatoms. The molecule has 0 radical (unpaired) electrons. The number of carbonyl (C=O) groups is 2. The molecule has 2 aromatic rings. The van der Waals surface area contributed by atoms with Crippen molar-refractivity contribution in [3.05, 3.63) is 41.7 Å². The zero-order chi connectivity index (χ0) is 21.2. The number of anilines is 1. The van der Waals surface area contributed by atoms with Crippen LogP contribution in [-0.4, -0.2) is 59.1 Å². The highest BCUT2D eigenvalue weighted by Gasteiger charge is 2.33. The lowest BCUT2D eigenvalue weighted by atomic mass is 9.92. The predicted molar refractivity (Wildman–Crippen MR) is 109 cm³/mol. The Morgan fingerprint density at radius 2 is 2.07 bits per heavy atom. The lowest BCUT2D eigenvalue weighted by Crippen LogP contribution is -2.45. The Morgan fingerprint density at radius 1 is 1.38 bits per heavy atom. The summed E-state index contributed by atoms with van der Waals surface area (Å²) in [5.74, 6) is -1.43. The van der Waals surface area contributed by atoms with Gasteiger partial charge in [0, 0.05) is 25.4 Å². The van der Waals surface area contributed by atoms with E-state index in [2.05, 4.69) is 23.5 Å². The van der Waals surface area contributed by atoms with Crippen LogP contribution in [-0.2, 0) is 20.7 Å². The normalized spacial score (nSPS) is 16.0. The summed E-state index contributed by atoms with van der Waals surface area (Å²) < 4.78 is 12.4. The first-order chi connectivity index (χ1) is 13.8. The van der Waals surface area contributed by atoms with Crippen LogP contribution in [0.15, 0.2) is 24.9 Å². The van der Waals surface area contributed by atoms with Crippen molar-refractivity contribution in [2.75, 3.05) is 31.7 Å². The van der Waals surface area contributed by atoms with E-state index in [4.69, 9.17) is 9.47 Å². The molecule has 0 atom stereocenters. The van der Waals surface area contributed by atoms with Crippen molar-refractivity contribution < 1.29 is 24.2 Å². The molecule has 8 nitrogen and oxygen atoms in total. The topological polar surface area (TPSA) is 93.4 Å². The van der Waals surface area contributed by atoms with Crippen molar-refractivity contribution >= 4 is 23.1 Å². The quantitative estimate of drug-likeness (QED) is 0.563. The first kappa shape index (κ1) is 20.9. The fourth-order valence-corrected chi connectivity index (χ4v) is 3.78. The number of rotatable bonds is 7. The molecule has 0 amide bonds. The monoisotopic (exact) mass is 401 g/mol. The summed E-state index contributed by atoms with van der Waals surface area (Å²) in [7, 11) is 1.36. The molecule has 1 fully saturated rings. The molecule has 1 aliphatic heterocycles. The Morgan fingerprint density at radius 3 is 2.66 bits per heavy atom. The number of carbonyl (C=O) groups excluding carboxylic acids is 1. The average molecular weight is 401 g/mol. The maximum Gasteiger partial charge on any atom is 0.356 e. The van der Waals surface area contributed by atoms with Gasteiger partial charge in [-0.2, -0.15) is 5.10 Å². The Bertz CT molecular complexity index is 941. The van der Waals surface area contributed by atoms with Gasteiger partial charge in [-0.05, 0) is 37.8 Å². The summed E-state index contributed by atoms with van der Waals surface area (Å²) >= 11 is 0. The average Bonchev–Trinajstić information content (AvgIpc) is 3.11. The van der Waals surface area contributed by atoms with Crippen LogP contribution in [0.5, 0.6) is 0 Å². The van der Waals surface area contributed by atoms with E-state index in [1.807, 2.05) is 6.92 Å². The molecule has 2 aromatic heterocycles. The number of pyridine rings is 1. The van der Waals surface area contributed by atoms with Crippen LogP contribution in [0, 0.1) is 6.92 Å². The van der Waals surface area contributed by atoms with E-state index in [0.717, 1.165) is 29.7 Å². The van der Waals surface area contributed by atoms with Gasteiger partial charge >= 0.3 is 11.9 Å². The van der Waals surface area contributed by atoms with Gasteiger partial charge in [0.25, 0.3) is 0 Å². The van der Waals surface area contributed by atoms with Crippen molar-refractivity contribution in [2.24, 2.45) is 0 Å². The minimum Gasteiger partial charge on any atom is -0.476 e. The number of methoxy groups -OCH3 is 1. The number of nitrogens with zero attached hydrogens (tertiary/aromatic N) is 3. The summed E-state index contributed by atoms with van der Waals surface area (Å²) in [6, 6.07) is 1.56. The van der Waals surface area contributed by atoms with Crippen LogP contribution in [0.4, 0.5) is 5.69 Å². The van der Waals surface area contributed by atoms with Crippen LogP contribution in [0.3, 0.4) is 0 Å². The molecule has 156 valence electrons. The number of hydrogen-bond donors (Lipinski definition) is 1. The standard InChI is InChI=1S/C21H27N3O5/c1-5-10-29-21(3)6-8-23(9-7-21)19-15(11-18(25)28-4)14(2)13-24-17(19)12-16(22-24)20(26)27/h5,12-13H,1,6-11H2,2-4H3,(H,26,27). The van der Waals surface area contributed by atoms with E-state index in [1.54, 1.807) is 22.9 Å². The molecule has 0 saturated carbocycles. The number of fused-ring (bicyclic) bond motifs is 1. The lowest BCUT2D eigenvalue weighted by Gasteiger charge is -2.41. The van der Waals surface area contributed by atoms with Crippen LogP contribution >= 0.6 is 0 Å². The van der Waals surface area contributed by atoms with Gasteiger partial charge in [-0.3, -0.25) is 4.79 Å². The highest BCUT2D eigenvalue weighted by molar-refractivity contribution is 5.91. The number of aromatic carboxylic acids is 1. The van der Waals surface area contributed by atoms with E-state index in [9.17, 15) is 14.7 Å². The number of hydrogen-bond acceptors (Lipinski definition) is 6. The third-order valence-electron chi connectivity index (χ3n) is 5.51. The SMILES string of the molecule is C=CCOC1(C)CCN(c2c(CC(=O)OC)c(C)cn3nc(C(=O)O)cc23)CC1. The minimum atomic E-state index is -1.09. The largest absolute Gasteiger partial charge is 0.476 e. The molecule has 0 aromatic carbocycles. The van der Waals surface area contributed by atoms with E-state index in [0.29, 0.717) is 25.2 Å². The summed E-state index contributed by atoms with van der Waals surface area (Å²) in [6.07, 6.45) is 5.22. The van der Waals surface area contributed by atoms with E-state index in [-0.39, 0.29) is 23.7 Å². The highest BCUT2D eigenvalue weighted by atomic mass is 16.5. The van der Waals surface area contributed by atoms with Gasteiger partial charge in [0.1, 0.15) is 0 Å². The number of aryl methyl sites for hydroxylation is 1. The third-order valence-corrected chi connectivity index (χ3v) is 5.51.